The number of carboxylic acid groups (broad SMARTS) is 1. The number of hydrogen-bond donors (Lipinski definition) is 1. The SMILES string of the molecule is Cn1c(Cc2ncc(-c3cccc(OCc4ccc(Cl)cc4F)n3)cc2F)nc2c(OC(F)F)cc(C(=O)O)cc21. The largest absolute Gasteiger partial charge is 0.478 e. The molecule has 0 amide bonds. The Labute approximate surface area is 234 Å². The van der Waals surface area contributed by atoms with Crippen molar-refractivity contribution in [3.63, 3.8) is 0 Å². The molecule has 3 heterocycles. The molecular weight excluding hydrogens is 568 g/mol. The summed E-state index contributed by atoms with van der Waals surface area (Å²) in [5.41, 5.74) is 0.942. The minimum absolute atomic E-state index is 0.00400. The normalized spacial score (nSPS) is 11.3. The first-order valence-corrected chi connectivity index (χ1v) is 12.3. The number of aryl methyl sites for hydroxylation is 1. The maximum Gasteiger partial charge on any atom is 0.387 e. The van der Waals surface area contributed by atoms with E-state index in [1.807, 2.05) is 0 Å². The molecule has 0 aliphatic carbocycles. The van der Waals surface area contributed by atoms with Crippen LogP contribution in [0, 0.1) is 11.6 Å². The van der Waals surface area contributed by atoms with Crippen LogP contribution in [0.5, 0.6) is 11.6 Å². The van der Waals surface area contributed by atoms with Crippen molar-refractivity contribution in [3.05, 3.63) is 100 Å². The van der Waals surface area contributed by atoms with Crippen molar-refractivity contribution >= 4 is 28.6 Å². The number of hydrogen-bond acceptors (Lipinski definition) is 6. The number of fused-ring (bicyclic) bond motifs is 1. The average Bonchev–Trinajstić information content (AvgIpc) is 3.24. The predicted molar refractivity (Wildman–Crippen MR) is 140 cm³/mol. The molecule has 8 nitrogen and oxygen atoms in total. The van der Waals surface area contributed by atoms with Gasteiger partial charge in [0.25, 0.3) is 0 Å². The quantitative estimate of drug-likeness (QED) is 0.199. The van der Waals surface area contributed by atoms with Crippen molar-refractivity contribution in [2.75, 3.05) is 0 Å². The molecule has 5 aromatic rings. The zero-order valence-electron chi connectivity index (χ0n) is 21.1. The molecule has 5 rings (SSSR count). The van der Waals surface area contributed by atoms with Crippen LogP contribution in [0.25, 0.3) is 22.3 Å². The van der Waals surface area contributed by atoms with Crippen LogP contribution >= 0.6 is 11.6 Å². The number of imidazole rings is 1. The number of aromatic carboxylic acids is 1. The lowest BCUT2D eigenvalue weighted by Crippen LogP contribution is -2.05. The number of carboxylic acids is 1. The number of alkyl halides is 2. The predicted octanol–water partition coefficient (Wildman–Crippen LogP) is 6.43. The van der Waals surface area contributed by atoms with E-state index in [2.05, 4.69) is 19.7 Å². The molecule has 0 aliphatic rings. The standard InChI is InChI=1S/C28H19ClF4N4O4/c1-37-22-8-15(27(38)39)9-23(41-28(32)33)26(22)36-24(37)11-21-19(31)7-16(12-34-21)20-3-2-4-25(35-20)40-13-14-5-6-17(29)10-18(14)30/h2-10,12,28H,11,13H2,1H3,(H,38,39). The molecule has 0 atom stereocenters. The highest BCUT2D eigenvalue weighted by Gasteiger charge is 2.20. The zero-order chi connectivity index (χ0) is 29.3. The van der Waals surface area contributed by atoms with Gasteiger partial charge in [-0.05, 0) is 36.4 Å². The molecule has 0 saturated heterocycles. The number of ether oxygens (including phenoxy) is 2. The first kappa shape index (κ1) is 27.8. The number of benzene rings is 2. The van der Waals surface area contributed by atoms with Crippen molar-refractivity contribution in [1.29, 1.82) is 0 Å². The van der Waals surface area contributed by atoms with E-state index in [1.54, 1.807) is 31.3 Å². The van der Waals surface area contributed by atoms with Gasteiger partial charge in [0.15, 0.2) is 5.75 Å². The molecule has 41 heavy (non-hydrogen) atoms. The number of carbonyl (C=O) groups is 1. The molecule has 0 fully saturated rings. The number of aromatic nitrogens is 4. The van der Waals surface area contributed by atoms with Gasteiger partial charge in [0.05, 0.1) is 28.9 Å². The van der Waals surface area contributed by atoms with Crippen molar-refractivity contribution in [1.82, 2.24) is 19.5 Å². The van der Waals surface area contributed by atoms with E-state index < -0.39 is 30.0 Å². The summed E-state index contributed by atoms with van der Waals surface area (Å²) in [6.45, 7) is -3.29. The summed E-state index contributed by atoms with van der Waals surface area (Å²) < 4.78 is 66.6. The van der Waals surface area contributed by atoms with Crippen LogP contribution in [0.4, 0.5) is 17.6 Å². The van der Waals surface area contributed by atoms with E-state index in [0.717, 1.165) is 6.07 Å². The van der Waals surface area contributed by atoms with Gasteiger partial charge in [-0.3, -0.25) is 4.98 Å². The average molecular weight is 587 g/mol. The molecule has 0 radical (unpaired) electrons. The third kappa shape index (κ3) is 6.07. The maximum absolute atomic E-state index is 15.2. The van der Waals surface area contributed by atoms with Gasteiger partial charge in [-0.2, -0.15) is 8.78 Å². The third-order valence-electron chi connectivity index (χ3n) is 6.16. The van der Waals surface area contributed by atoms with Crippen molar-refractivity contribution in [2.45, 2.75) is 19.6 Å². The Morgan fingerprint density at radius 1 is 1.07 bits per heavy atom. The summed E-state index contributed by atoms with van der Waals surface area (Å²) >= 11 is 5.77. The third-order valence-corrected chi connectivity index (χ3v) is 6.40. The summed E-state index contributed by atoms with van der Waals surface area (Å²) in [5.74, 6) is -2.52. The summed E-state index contributed by atoms with van der Waals surface area (Å²) in [7, 11) is 1.54. The van der Waals surface area contributed by atoms with Gasteiger partial charge in [0.1, 0.15) is 29.6 Å². The molecule has 0 unspecified atom stereocenters. The van der Waals surface area contributed by atoms with Crippen molar-refractivity contribution in [3.8, 4) is 22.9 Å². The lowest BCUT2D eigenvalue weighted by molar-refractivity contribution is -0.0489. The molecule has 1 N–H and O–H groups in total. The monoisotopic (exact) mass is 586 g/mol. The molecule has 0 aliphatic heterocycles. The fourth-order valence-electron chi connectivity index (χ4n) is 4.10. The fourth-order valence-corrected chi connectivity index (χ4v) is 4.26. The molecule has 3 aromatic heterocycles. The lowest BCUT2D eigenvalue weighted by Gasteiger charge is -2.09. The highest BCUT2D eigenvalue weighted by atomic mass is 35.5. The second kappa shape index (κ2) is 11.4. The Bertz CT molecular complexity index is 1780. The van der Waals surface area contributed by atoms with Crippen LogP contribution in [0.3, 0.4) is 0 Å². The molecule has 0 spiro atoms. The van der Waals surface area contributed by atoms with E-state index in [9.17, 15) is 23.1 Å². The van der Waals surface area contributed by atoms with Gasteiger partial charge in [0, 0.05) is 35.5 Å². The van der Waals surface area contributed by atoms with E-state index >= 15 is 4.39 Å². The maximum atomic E-state index is 15.2. The Morgan fingerprint density at radius 2 is 1.88 bits per heavy atom. The smallest absolute Gasteiger partial charge is 0.387 e. The van der Waals surface area contributed by atoms with Crippen LogP contribution in [0.1, 0.15) is 27.4 Å². The topological polar surface area (TPSA) is 99.4 Å². The van der Waals surface area contributed by atoms with Crippen LogP contribution in [0.15, 0.2) is 60.8 Å². The Kier molecular flexibility index (Phi) is 7.75. The van der Waals surface area contributed by atoms with E-state index in [1.165, 1.54) is 35.0 Å². The number of rotatable bonds is 9. The highest BCUT2D eigenvalue weighted by Crippen LogP contribution is 2.30. The zero-order valence-corrected chi connectivity index (χ0v) is 21.9. The number of halogens is 5. The lowest BCUT2D eigenvalue weighted by atomic mass is 10.1. The van der Waals surface area contributed by atoms with Crippen LogP contribution in [-0.4, -0.2) is 37.2 Å². The molecule has 210 valence electrons. The molecule has 2 aromatic carbocycles. The minimum Gasteiger partial charge on any atom is -0.478 e. The molecule has 13 heteroatoms. The van der Waals surface area contributed by atoms with E-state index in [4.69, 9.17) is 16.3 Å². The number of pyridine rings is 2. The summed E-state index contributed by atoms with van der Waals surface area (Å²) in [5, 5.41) is 9.61. The van der Waals surface area contributed by atoms with Gasteiger partial charge in [-0.1, -0.05) is 23.7 Å². The molecule has 0 bridgehead atoms. The van der Waals surface area contributed by atoms with E-state index in [0.29, 0.717) is 11.3 Å². The van der Waals surface area contributed by atoms with Gasteiger partial charge >= 0.3 is 12.6 Å². The minimum atomic E-state index is -3.20. The van der Waals surface area contributed by atoms with Gasteiger partial charge < -0.3 is 19.1 Å². The first-order valence-electron chi connectivity index (χ1n) is 11.9. The van der Waals surface area contributed by atoms with Crippen LogP contribution in [0.2, 0.25) is 5.02 Å². The molecule has 0 saturated carbocycles. The summed E-state index contributed by atoms with van der Waals surface area (Å²) in [6.07, 6.45) is 1.27. The van der Waals surface area contributed by atoms with Gasteiger partial charge in [0.2, 0.25) is 5.88 Å². The Hall–Kier alpha value is -4.71. The second-order valence-electron chi connectivity index (χ2n) is 8.83. The van der Waals surface area contributed by atoms with Crippen LogP contribution < -0.4 is 9.47 Å². The number of nitrogens with zero attached hydrogens (tertiary/aromatic N) is 4. The summed E-state index contributed by atoms with van der Waals surface area (Å²) in [6, 6.07) is 12.5. The van der Waals surface area contributed by atoms with Gasteiger partial charge in [-0.25, -0.2) is 23.5 Å². The van der Waals surface area contributed by atoms with Gasteiger partial charge in [-0.15, -0.1) is 0 Å². The first-order chi connectivity index (χ1) is 19.6. The van der Waals surface area contributed by atoms with Crippen LogP contribution in [-0.2, 0) is 20.1 Å². The highest BCUT2D eigenvalue weighted by molar-refractivity contribution is 6.30. The Morgan fingerprint density at radius 3 is 2.59 bits per heavy atom. The van der Waals surface area contributed by atoms with E-state index in [-0.39, 0.29) is 57.6 Å². The van der Waals surface area contributed by atoms with Crippen molar-refractivity contribution < 1.29 is 36.9 Å². The Balaban J connectivity index is 1.38. The molecular formula is C28H19ClF4N4O4. The second-order valence-corrected chi connectivity index (χ2v) is 9.26. The fraction of sp³-hybridized carbons (Fsp3) is 0.143. The van der Waals surface area contributed by atoms with Crippen molar-refractivity contribution in [2.24, 2.45) is 7.05 Å². The summed E-state index contributed by atoms with van der Waals surface area (Å²) in [4.78, 5) is 24.3.